The number of hydrogen-bond donors (Lipinski definition) is 2. The summed E-state index contributed by atoms with van der Waals surface area (Å²) in [6.07, 6.45) is 7.40. The molecule has 4 nitrogen and oxygen atoms in total. The summed E-state index contributed by atoms with van der Waals surface area (Å²) in [5.74, 6) is 1.04. The molecule has 0 radical (unpaired) electrons. The van der Waals surface area contributed by atoms with E-state index in [1.54, 1.807) is 0 Å². The van der Waals surface area contributed by atoms with Crippen LogP contribution in [0, 0.1) is 11.8 Å². The molecule has 3 atom stereocenters. The van der Waals surface area contributed by atoms with Crippen molar-refractivity contribution in [2.45, 2.75) is 76.9 Å². The van der Waals surface area contributed by atoms with Gasteiger partial charge in [0.15, 0.2) is 0 Å². The second-order valence-corrected chi connectivity index (χ2v) is 7.75. The van der Waals surface area contributed by atoms with Crippen molar-refractivity contribution in [2.24, 2.45) is 17.6 Å². The van der Waals surface area contributed by atoms with E-state index >= 15 is 0 Å². The molecule has 2 aliphatic rings. The average molecular weight is 295 g/mol. The molecule has 0 spiro atoms. The van der Waals surface area contributed by atoms with Crippen molar-refractivity contribution in [3.63, 3.8) is 0 Å². The molecule has 2 saturated carbocycles. The molecule has 0 saturated heterocycles. The first-order chi connectivity index (χ1) is 9.85. The van der Waals surface area contributed by atoms with E-state index < -0.39 is 5.54 Å². The summed E-state index contributed by atoms with van der Waals surface area (Å²) in [5.41, 5.74) is 5.30. The Morgan fingerprint density at radius 3 is 2.48 bits per heavy atom. The summed E-state index contributed by atoms with van der Waals surface area (Å²) < 4.78 is 0. The lowest BCUT2D eigenvalue weighted by Crippen LogP contribution is -2.65. The normalized spacial score (nSPS) is 29.6. The maximum atomic E-state index is 12.3. The molecule has 1 amide bonds. The van der Waals surface area contributed by atoms with Crippen LogP contribution in [-0.2, 0) is 4.79 Å². The molecule has 0 aromatic carbocycles. The molecule has 21 heavy (non-hydrogen) atoms. The minimum absolute atomic E-state index is 0.172. The largest absolute Gasteiger partial charge is 0.368 e. The van der Waals surface area contributed by atoms with Crippen molar-refractivity contribution in [1.29, 1.82) is 0 Å². The zero-order valence-electron chi connectivity index (χ0n) is 14.2. The van der Waals surface area contributed by atoms with E-state index in [1.807, 2.05) is 0 Å². The van der Waals surface area contributed by atoms with Gasteiger partial charge in [-0.1, -0.05) is 19.8 Å². The predicted octanol–water partition coefficient (Wildman–Crippen LogP) is 2.13. The van der Waals surface area contributed by atoms with E-state index in [-0.39, 0.29) is 11.9 Å². The van der Waals surface area contributed by atoms with Crippen molar-refractivity contribution >= 4 is 5.91 Å². The Morgan fingerprint density at radius 2 is 2.00 bits per heavy atom. The first kappa shape index (κ1) is 16.8. The minimum Gasteiger partial charge on any atom is -0.368 e. The van der Waals surface area contributed by atoms with Gasteiger partial charge in [0, 0.05) is 18.6 Å². The van der Waals surface area contributed by atoms with E-state index in [0.717, 1.165) is 25.3 Å². The highest BCUT2D eigenvalue weighted by Gasteiger charge is 2.51. The molecule has 0 aromatic rings. The molecule has 2 rings (SSSR count). The van der Waals surface area contributed by atoms with Crippen LogP contribution >= 0.6 is 0 Å². The molecule has 2 aliphatic carbocycles. The SMILES string of the molecule is CC1CCCC(N(C)CC(NC(C)C)(C(N)=O)C2CC2)C1. The number of carbonyl (C=O) groups excluding carboxylic acids is 1. The Bertz CT molecular complexity index is 367. The smallest absolute Gasteiger partial charge is 0.239 e. The van der Waals surface area contributed by atoms with E-state index in [0.29, 0.717) is 12.0 Å². The van der Waals surface area contributed by atoms with E-state index in [4.69, 9.17) is 5.73 Å². The van der Waals surface area contributed by atoms with Crippen LogP contribution in [0.2, 0.25) is 0 Å². The standard InChI is InChI=1S/C17H33N3O/c1-12(2)19-17(16(18)21,14-8-9-14)11-20(4)15-7-5-6-13(3)10-15/h12-15,19H,5-11H2,1-4H3,(H2,18,21). The summed E-state index contributed by atoms with van der Waals surface area (Å²) in [4.78, 5) is 14.7. The van der Waals surface area contributed by atoms with E-state index in [1.165, 1.54) is 25.7 Å². The highest BCUT2D eigenvalue weighted by atomic mass is 16.1. The summed E-state index contributed by atoms with van der Waals surface area (Å²) in [6, 6.07) is 0.872. The summed E-state index contributed by atoms with van der Waals surface area (Å²) in [6.45, 7) is 7.29. The fourth-order valence-corrected chi connectivity index (χ4v) is 4.06. The van der Waals surface area contributed by atoms with Gasteiger partial charge in [0.2, 0.25) is 5.91 Å². The van der Waals surface area contributed by atoms with Crippen LogP contribution < -0.4 is 11.1 Å². The van der Waals surface area contributed by atoms with Gasteiger partial charge in [-0.05, 0) is 58.4 Å². The molecular weight excluding hydrogens is 262 g/mol. The first-order valence-electron chi connectivity index (χ1n) is 8.63. The van der Waals surface area contributed by atoms with Crippen LogP contribution in [0.5, 0.6) is 0 Å². The number of primary amides is 1. The molecule has 0 aromatic heterocycles. The lowest BCUT2D eigenvalue weighted by molar-refractivity contribution is -0.126. The van der Waals surface area contributed by atoms with Gasteiger partial charge in [-0.15, -0.1) is 0 Å². The molecule has 122 valence electrons. The number of likely N-dealkylation sites (N-methyl/N-ethyl adjacent to an activating group) is 1. The van der Waals surface area contributed by atoms with Crippen LogP contribution in [0.4, 0.5) is 0 Å². The van der Waals surface area contributed by atoms with E-state index in [2.05, 4.69) is 38.0 Å². The van der Waals surface area contributed by atoms with Crippen molar-refractivity contribution in [2.75, 3.05) is 13.6 Å². The minimum atomic E-state index is -0.538. The Balaban J connectivity index is 2.08. The molecular formula is C17H33N3O. The van der Waals surface area contributed by atoms with E-state index in [9.17, 15) is 4.79 Å². The third-order valence-electron chi connectivity index (χ3n) is 5.29. The first-order valence-corrected chi connectivity index (χ1v) is 8.63. The molecule has 0 aliphatic heterocycles. The lowest BCUT2D eigenvalue weighted by atomic mass is 9.84. The van der Waals surface area contributed by atoms with Crippen LogP contribution in [0.1, 0.15) is 59.3 Å². The van der Waals surface area contributed by atoms with Crippen LogP contribution in [0.25, 0.3) is 0 Å². The fraction of sp³-hybridized carbons (Fsp3) is 0.941. The Morgan fingerprint density at radius 1 is 1.33 bits per heavy atom. The number of amides is 1. The monoisotopic (exact) mass is 295 g/mol. The number of rotatable bonds is 7. The molecule has 0 heterocycles. The summed E-state index contributed by atoms with van der Waals surface area (Å²) >= 11 is 0. The van der Waals surface area contributed by atoms with Gasteiger partial charge < -0.3 is 10.6 Å². The maximum Gasteiger partial charge on any atom is 0.239 e. The third kappa shape index (κ3) is 3.98. The lowest BCUT2D eigenvalue weighted by Gasteiger charge is -2.42. The molecule has 3 N–H and O–H groups in total. The van der Waals surface area contributed by atoms with Gasteiger partial charge in [-0.3, -0.25) is 10.1 Å². The van der Waals surface area contributed by atoms with Gasteiger partial charge >= 0.3 is 0 Å². The third-order valence-corrected chi connectivity index (χ3v) is 5.29. The van der Waals surface area contributed by atoms with Gasteiger partial charge in [0.05, 0.1) is 0 Å². The van der Waals surface area contributed by atoms with Crippen molar-refractivity contribution in [1.82, 2.24) is 10.2 Å². The Labute approximate surface area is 129 Å². The zero-order chi connectivity index (χ0) is 15.6. The quantitative estimate of drug-likeness (QED) is 0.756. The maximum absolute atomic E-state index is 12.3. The highest BCUT2D eigenvalue weighted by Crippen LogP contribution is 2.41. The Hall–Kier alpha value is -0.610. The summed E-state index contributed by atoms with van der Waals surface area (Å²) in [5, 5.41) is 3.52. The summed E-state index contributed by atoms with van der Waals surface area (Å²) in [7, 11) is 2.17. The number of carbonyl (C=O) groups is 1. The fourth-order valence-electron chi connectivity index (χ4n) is 4.06. The molecule has 0 bridgehead atoms. The zero-order valence-corrected chi connectivity index (χ0v) is 14.2. The highest BCUT2D eigenvalue weighted by molar-refractivity contribution is 5.86. The average Bonchev–Trinajstić information content (AvgIpc) is 3.21. The number of hydrogen-bond acceptors (Lipinski definition) is 3. The van der Waals surface area contributed by atoms with Crippen LogP contribution in [0.15, 0.2) is 0 Å². The van der Waals surface area contributed by atoms with Crippen LogP contribution in [0.3, 0.4) is 0 Å². The second kappa shape index (κ2) is 6.66. The van der Waals surface area contributed by atoms with Gasteiger partial charge in [-0.25, -0.2) is 0 Å². The Kier molecular flexibility index (Phi) is 5.31. The molecule has 3 unspecified atom stereocenters. The number of nitrogens with zero attached hydrogens (tertiary/aromatic N) is 1. The molecule has 2 fully saturated rings. The van der Waals surface area contributed by atoms with Crippen molar-refractivity contribution in [3.8, 4) is 0 Å². The van der Waals surface area contributed by atoms with Gasteiger partial charge in [-0.2, -0.15) is 0 Å². The second-order valence-electron chi connectivity index (χ2n) is 7.75. The number of nitrogens with two attached hydrogens (primary N) is 1. The van der Waals surface area contributed by atoms with Crippen molar-refractivity contribution < 1.29 is 4.79 Å². The van der Waals surface area contributed by atoms with Crippen molar-refractivity contribution in [3.05, 3.63) is 0 Å². The number of nitrogens with one attached hydrogen (secondary N) is 1. The predicted molar refractivity (Wildman–Crippen MR) is 87.0 cm³/mol. The molecule has 4 heteroatoms. The topological polar surface area (TPSA) is 58.4 Å². The van der Waals surface area contributed by atoms with Crippen LogP contribution in [-0.4, -0.2) is 42.0 Å². The van der Waals surface area contributed by atoms with Gasteiger partial charge in [0.25, 0.3) is 0 Å². The van der Waals surface area contributed by atoms with Gasteiger partial charge in [0.1, 0.15) is 5.54 Å².